The zero-order chi connectivity index (χ0) is 11.4. The highest BCUT2D eigenvalue weighted by Gasteiger charge is 2.05. The quantitative estimate of drug-likeness (QED) is 0.493. The van der Waals surface area contributed by atoms with E-state index in [1.54, 1.807) is 18.3 Å². The van der Waals surface area contributed by atoms with E-state index in [1.165, 1.54) is 0 Å². The average Bonchev–Trinajstić information content (AvgIpc) is 2.39. The Bertz CT molecular complexity index is 514. The normalized spacial score (nSPS) is 11.4. The summed E-state index contributed by atoms with van der Waals surface area (Å²) < 4.78 is 0. The van der Waals surface area contributed by atoms with Gasteiger partial charge in [-0.05, 0) is 24.3 Å². The number of nitrogens with zero attached hydrogens (tertiary/aromatic N) is 3. The van der Waals surface area contributed by atoms with Crippen molar-refractivity contribution in [1.82, 2.24) is 9.97 Å². The van der Waals surface area contributed by atoms with Crippen molar-refractivity contribution in [3.63, 3.8) is 0 Å². The highest BCUT2D eigenvalue weighted by atomic mass is 35.5. The van der Waals surface area contributed by atoms with E-state index >= 15 is 0 Å². The fraction of sp³-hybridized carbons (Fsp3) is 0. The summed E-state index contributed by atoms with van der Waals surface area (Å²) in [6.07, 6.45) is 1.69. The van der Waals surface area contributed by atoms with Crippen molar-refractivity contribution in [3.8, 4) is 11.4 Å². The summed E-state index contributed by atoms with van der Waals surface area (Å²) >= 11 is 5.67. The first kappa shape index (κ1) is 10.6. The molecule has 0 saturated carbocycles. The number of pyridine rings is 2. The number of aromatic nitrogens is 2. The van der Waals surface area contributed by atoms with Crippen molar-refractivity contribution < 1.29 is 5.21 Å². The molecule has 0 amide bonds. The van der Waals surface area contributed by atoms with E-state index in [0.29, 0.717) is 11.4 Å². The second-order valence-corrected chi connectivity index (χ2v) is 3.37. The minimum atomic E-state index is -0.0437. The van der Waals surface area contributed by atoms with E-state index in [1.807, 2.05) is 24.3 Å². The number of hydrogen-bond donors (Lipinski definition) is 1. The van der Waals surface area contributed by atoms with E-state index in [9.17, 15) is 0 Å². The molecule has 0 aliphatic rings. The van der Waals surface area contributed by atoms with Crippen LogP contribution in [0, 0.1) is 0 Å². The maximum Gasteiger partial charge on any atom is 0.193 e. The molecule has 80 valence electrons. The van der Waals surface area contributed by atoms with Gasteiger partial charge in [0.1, 0.15) is 5.69 Å². The van der Waals surface area contributed by atoms with Crippen molar-refractivity contribution >= 4 is 16.8 Å². The highest BCUT2D eigenvalue weighted by molar-refractivity contribution is 6.69. The Hall–Kier alpha value is -1.94. The molecule has 0 unspecified atom stereocenters. The van der Waals surface area contributed by atoms with Crippen molar-refractivity contribution in [2.45, 2.75) is 0 Å². The second-order valence-electron chi connectivity index (χ2n) is 3.01. The molecule has 0 atom stereocenters. The number of hydrogen-bond acceptors (Lipinski definition) is 4. The standard InChI is InChI=1S/C11H8ClN3O/c12-11(15-16)10-6-3-5-9(14-10)8-4-1-2-7-13-8/h1-7,16H/b15-11-. The van der Waals surface area contributed by atoms with E-state index < -0.39 is 0 Å². The molecule has 0 bridgehead atoms. The first-order chi connectivity index (χ1) is 7.81. The molecule has 0 aromatic carbocycles. The molecule has 0 saturated heterocycles. The van der Waals surface area contributed by atoms with Crippen molar-refractivity contribution in [2.24, 2.45) is 5.16 Å². The van der Waals surface area contributed by atoms with Crippen LogP contribution in [-0.4, -0.2) is 20.3 Å². The fourth-order valence-electron chi connectivity index (χ4n) is 1.26. The molecule has 5 heteroatoms. The minimum Gasteiger partial charge on any atom is -0.410 e. The maximum absolute atomic E-state index is 8.55. The summed E-state index contributed by atoms with van der Waals surface area (Å²) in [5.41, 5.74) is 1.83. The maximum atomic E-state index is 8.55. The molecule has 4 nitrogen and oxygen atoms in total. The van der Waals surface area contributed by atoms with Gasteiger partial charge >= 0.3 is 0 Å². The van der Waals surface area contributed by atoms with Crippen LogP contribution in [0.3, 0.4) is 0 Å². The zero-order valence-electron chi connectivity index (χ0n) is 8.21. The number of oxime groups is 1. The van der Waals surface area contributed by atoms with Crippen molar-refractivity contribution in [3.05, 3.63) is 48.3 Å². The zero-order valence-corrected chi connectivity index (χ0v) is 8.96. The van der Waals surface area contributed by atoms with Gasteiger partial charge in [-0.3, -0.25) is 4.98 Å². The Morgan fingerprint density at radius 1 is 1.12 bits per heavy atom. The molecular weight excluding hydrogens is 226 g/mol. The van der Waals surface area contributed by atoms with Gasteiger partial charge in [0.25, 0.3) is 0 Å². The molecule has 0 radical (unpaired) electrons. The topological polar surface area (TPSA) is 58.4 Å². The smallest absolute Gasteiger partial charge is 0.193 e. The van der Waals surface area contributed by atoms with Gasteiger partial charge in [-0.25, -0.2) is 4.98 Å². The molecule has 2 heterocycles. The van der Waals surface area contributed by atoms with Crippen LogP contribution in [0.25, 0.3) is 11.4 Å². The van der Waals surface area contributed by atoms with Gasteiger partial charge in [-0.15, -0.1) is 0 Å². The van der Waals surface area contributed by atoms with Gasteiger partial charge in [0.15, 0.2) is 5.17 Å². The van der Waals surface area contributed by atoms with Crippen LogP contribution in [0.4, 0.5) is 0 Å². The Labute approximate surface area is 97.2 Å². The third-order valence-electron chi connectivity index (χ3n) is 1.98. The van der Waals surface area contributed by atoms with Gasteiger partial charge in [-0.1, -0.05) is 28.9 Å². The molecule has 0 fully saturated rings. The van der Waals surface area contributed by atoms with Crippen LogP contribution >= 0.6 is 11.6 Å². The molecule has 1 N–H and O–H groups in total. The molecule has 0 spiro atoms. The van der Waals surface area contributed by atoms with Crippen LogP contribution < -0.4 is 0 Å². The van der Waals surface area contributed by atoms with Gasteiger partial charge < -0.3 is 5.21 Å². The van der Waals surface area contributed by atoms with E-state index in [0.717, 1.165) is 5.69 Å². The van der Waals surface area contributed by atoms with Gasteiger partial charge in [0.05, 0.1) is 11.4 Å². The highest BCUT2D eigenvalue weighted by Crippen LogP contribution is 2.14. The molecular formula is C11H8ClN3O. The Balaban J connectivity index is 2.44. The van der Waals surface area contributed by atoms with E-state index in [2.05, 4.69) is 15.1 Å². The van der Waals surface area contributed by atoms with Crippen LogP contribution in [0.2, 0.25) is 0 Å². The van der Waals surface area contributed by atoms with Crippen LogP contribution in [0.5, 0.6) is 0 Å². The third kappa shape index (κ3) is 2.17. The average molecular weight is 234 g/mol. The first-order valence-electron chi connectivity index (χ1n) is 4.57. The van der Waals surface area contributed by atoms with Gasteiger partial charge in [-0.2, -0.15) is 0 Å². The summed E-state index contributed by atoms with van der Waals surface area (Å²) in [5.74, 6) is 0. The van der Waals surface area contributed by atoms with Gasteiger partial charge in [0.2, 0.25) is 0 Å². The lowest BCUT2D eigenvalue weighted by molar-refractivity contribution is 0.320. The van der Waals surface area contributed by atoms with Crippen LogP contribution in [0.1, 0.15) is 5.69 Å². The van der Waals surface area contributed by atoms with E-state index in [-0.39, 0.29) is 5.17 Å². The number of rotatable bonds is 2. The molecule has 16 heavy (non-hydrogen) atoms. The predicted molar refractivity (Wildman–Crippen MR) is 61.6 cm³/mol. The van der Waals surface area contributed by atoms with E-state index in [4.69, 9.17) is 16.8 Å². The van der Waals surface area contributed by atoms with Gasteiger partial charge in [0, 0.05) is 6.20 Å². The van der Waals surface area contributed by atoms with Crippen LogP contribution in [0.15, 0.2) is 47.8 Å². The lowest BCUT2D eigenvalue weighted by atomic mass is 10.2. The lowest BCUT2D eigenvalue weighted by Crippen LogP contribution is -1.97. The molecule has 0 aliphatic heterocycles. The van der Waals surface area contributed by atoms with Crippen LogP contribution in [-0.2, 0) is 0 Å². The third-order valence-corrected chi connectivity index (χ3v) is 2.24. The fourth-order valence-corrected chi connectivity index (χ4v) is 1.36. The SMILES string of the molecule is O/N=C(\Cl)c1cccc(-c2ccccn2)n1. The molecule has 2 rings (SSSR count). The Morgan fingerprint density at radius 2 is 1.94 bits per heavy atom. The number of halogens is 1. The molecule has 0 aliphatic carbocycles. The molecule has 2 aromatic heterocycles. The Morgan fingerprint density at radius 3 is 2.62 bits per heavy atom. The largest absolute Gasteiger partial charge is 0.410 e. The summed E-state index contributed by atoms with van der Waals surface area (Å²) in [6.45, 7) is 0. The summed E-state index contributed by atoms with van der Waals surface area (Å²) in [7, 11) is 0. The first-order valence-corrected chi connectivity index (χ1v) is 4.95. The Kier molecular flexibility index (Phi) is 3.12. The van der Waals surface area contributed by atoms with Crippen molar-refractivity contribution in [1.29, 1.82) is 0 Å². The second kappa shape index (κ2) is 4.72. The summed E-state index contributed by atoms with van der Waals surface area (Å²) in [5, 5.41) is 11.4. The minimum absolute atomic E-state index is 0.0437. The summed E-state index contributed by atoms with van der Waals surface area (Å²) in [4.78, 5) is 8.40. The molecule has 2 aromatic rings. The summed E-state index contributed by atoms with van der Waals surface area (Å²) in [6, 6.07) is 10.8. The monoisotopic (exact) mass is 233 g/mol. The lowest BCUT2D eigenvalue weighted by Gasteiger charge is -2.01. The predicted octanol–water partition coefficient (Wildman–Crippen LogP) is 2.52. The van der Waals surface area contributed by atoms with Crippen molar-refractivity contribution in [2.75, 3.05) is 0 Å².